The van der Waals surface area contributed by atoms with Crippen LogP contribution in [0.3, 0.4) is 0 Å². The first-order valence-electron chi connectivity index (χ1n) is 4.95. The van der Waals surface area contributed by atoms with Gasteiger partial charge in [-0.05, 0) is 30.9 Å². The van der Waals surface area contributed by atoms with Crippen LogP contribution >= 0.6 is 0 Å². The standard InChI is InChI=1S/C11H19N3/c1-7(2)11(14-12)10-5-8(3)9(4)13-6-10/h5-7,11,14H,12H2,1-4H3. The van der Waals surface area contributed by atoms with Gasteiger partial charge in [0.2, 0.25) is 0 Å². The van der Waals surface area contributed by atoms with Crippen molar-refractivity contribution in [2.75, 3.05) is 0 Å². The number of nitrogens with one attached hydrogen (secondary N) is 1. The van der Waals surface area contributed by atoms with E-state index in [-0.39, 0.29) is 6.04 Å². The third-order valence-electron chi connectivity index (χ3n) is 2.57. The van der Waals surface area contributed by atoms with Gasteiger partial charge in [-0.15, -0.1) is 0 Å². The zero-order valence-electron chi connectivity index (χ0n) is 9.33. The Morgan fingerprint density at radius 3 is 2.43 bits per heavy atom. The molecular formula is C11H19N3. The van der Waals surface area contributed by atoms with Crippen molar-refractivity contribution in [2.45, 2.75) is 33.7 Å². The average molecular weight is 193 g/mol. The maximum atomic E-state index is 5.52. The number of hydrogen-bond donors (Lipinski definition) is 2. The molecule has 3 nitrogen and oxygen atoms in total. The molecule has 3 N–H and O–H groups in total. The normalized spacial score (nSPS) is 13.3. The number of aromatic nitrogens is 1. The number of hydrazine groups is 1. The lowest BCUT2D eigenvalue weighted by atomic mass is 9.97. The van der Waals surface area contributed by atoms with Crippen molar-refractivity contribution in [1.29, 1.82) is 0 Å². The fourth-order valence-electron chi connectivity index (χ4n) is 1.51. The fourth-order valence-corrected chi connectivity index (χ4v) is 1.51. The molecule has 0 aliphatic heterocycles. The van der Waals surface area contributed by atoms with Crippen LogP contribution in [0.15, 0.2) is 12.3 Å². The van der Waals surface area contributed by atoms with Crippen molar-refractivity contribution in [2.24, 2.45) is 11.8 Å². The zero-order chi connectivity index (χ0) is 10.7. The number of nitrogens with two attached hydrogens (primary N) is 1. The van der Waals surface area contributed by atoms with Gasteiger partial charge in [-0.1, -0.05) is 19.9 Å². The molecule has 1 rings (SSSR count). The lowest BCUT2D eigenvalue weighted by Crippen LogP contribution is -2.31. The van der Waals surface area contributed by atoms with Crippen LogP contribution in [0.2, 0.25) is 0 Å². The topological polar surface area (TPSA) is 50.9 Å². The summed E-state index contributed by atoms with van der Waals surface area (Å²) >= 11 is 0. The molecule has 0 saturated carbocycles. The molecule has 0 spiro atoms. The number of aryl methyl sites for hydroxylation is 2. The molecule has 1 aromatic heterocycles. The summed E-state index contributed by atoms with van der Waals surface area (Å²) in [6.07, 6.45) is 1.90. The first-order chi connectivity index (χ1) is 6.56. The number of nitrogens with zero attached hydrogens (tertiary/aromatic N) is 1. The molecule has 0 aromatic carbocycles. The monoisotopic (exact) mass is 193 g/mol. The lowest BCUT2D eigenvalue weighted by molar-refractivity contribution is 0.420. The molecular weight excluding hydrogens is 174 g/mol. The van der Waals surface area contributed by atoms with E-state index in [1.54, 1.807) is 0 Å². The van der Waals surface area contributed by atoms with Gasteiger partial charge in [0.1, 0.15) is 0 Å². The Hall–Kier alpha value is -0.930. The molecule has 1 heterocycles. The van der Waals surface area contributed by atoms with Gasteiger partial charge in [0.15, 0.2) is 0 Å². The minimum atomic E-state index is 0.182. The summed E-state index contributed by atoms with van der Waals surface area (Å²) in [5.74, 6) is 5.98. The van der Waals surface area contributed by atoms with Gasteiger partial charge >= 0.3 is 0 Å². The van der Waals surface area contributed by atoms with Gasteiger partial charge in [0, 0.05) is 17.9 Å². The van der Waals surface area contributed by atoms with Crippen molar-refractivity contribution < 1.29 is 0 Å². The number of hydrogen-bond acceptors (Lipinski definition) is 3. The molecule has 1 aromatic rings. The van der Waals surface area contributed by atoms with Crippen LogP contribution in [0.25, 0.3) is 0 Å². The van der Waals surface area contributed by atoms with E-state index < -0.39 is 0 Å². The van der Waals surface area contributed by atoms with Gasteiger partial charge in [0.25, 0.3) is 0 Å². The average Bonchev–Trinajstić information content (AvgIpc) is 2.11. The van der Waals surface area contributed by atoms with Crippen LogP contribution in [-0.2, 0) is 0 Å². The van der Waals surface area contributed by atoms with E-state index in [1.807, 2.05) is 13.1 Å². The maximum Gasteiger partial charge on any atom is 0.0498 e. The molecule has 1 atom stereocenters. The first-order valence-corrected chi connectivity index (χ1v) is 4.95. The highest BCUT2D eigenvalue weighted by Crippen LogP contribution is 2.21. The smallest absolute Gasteiger partial charge is 0.0498 e. The number of pyridine rings is 1. The zero-order valence-corrected chi connectivity index (χ0v) is 9.33. The predicted octanol–water partition coefficient (Wildman–Crippen LogP) is 1.86. The van der Waals surface area contributed by atoms with Crippen LogP contribution in [0.1, 0.15) is 36.7 Å². The van der Waals surface area contributed by atoms with Crippen LogP contribution in [0, 0.1) is 19.8 Å². The molecule has 0 aliphatic carbocycles. The van der Waals surface area contributed by atoms with E-state index in [0.29, 0.717) is 5.92 Å². The quantitative estimate of drug-likeness (QED) is 0.569. The van der Waals surface area contributed by atoms with Gasteiger partial charge in [-0.25, -0.2) is 0 Å². The Morgan fingerprint density at radius 2 is 2.00 bits per heavy atom. The maximum absolute atomic E-state index is 5.52. The molecule has 0 radical (unpaired) electrons. The fraction of sp³-hybridized carbons (Fsp3) is 0.545. The Morgan fingerprint density at radius 1 is 1.36 bits per heavy atom. The summed E-state index contributed by atoms with van der Waals surface area (Å²) in [4.78, 5) is 4.33. The third kappa shape index (κ3) is 2.30. The highest BCUT2D eigenvalue weighted by atomic mass is 15.2. The van der Waals surface area contributed by atoms with Gasteiger partial charge in [-0.2, -0.15) is 0 Å². The van der Waals surface area contributed by atoms with Crippen molar-refractivity contribution in [3.05, 3.63) is 29.1 Å². The molecule has 0 fully saturated rings. The Balaban J connectivity index is 3.00. The van der Waals surface area contributed by atoms with Crippen LogP contribution < -0.4 is 11.3 Å². The van der Waals surface area contributed by atoms with E-state index in [9.17, 15) is 0 Å². The number of rotatable bonds is 3. The predicted molar refractivity (Wildman–Crippen MR) is 58.6 cm³/mol. The molecule has 0 amide bonds. The molecule has 78 valence electrons. The van der Waals surface area contributed by atoms with Gasteiger partial charge < -0.3 is 0 Å². The summed E-state index contributed by atoms with van der Waals surface area (Å²) < 4.78 is 0. The molecule has 0 bridgehead atoms. The summed E-state index contributed by atoms with van der Waals surface area (Å²) in [6, 6.07) is 2.33. The second-order valence-corrected chi connectivity index (χ2v) is 4.06. The van der Waals surface area contributed by atoms with Crippen molar-refractivity contribution in [3.8, 4) is 0 Å². The molecule has 1 unspecified atom stereocenters. The van der Waals surface area contributed by atoms with Crippen LogP contribution in [-0.4, -0.2) is 4.98 Å². The summed E-state index contributed by atoms with van der Waals surface area (Å²) in [5, 5.41) is 0. The van der Waals surface area contributed by atoms with Crippen LogP contribution in [0.4, 0.5) is 0 Å². The molecule has 14 heavy (non-hydrogen) atoms. The Labute approximate surface area is 85.7 Å². The van der Waals surface area contributed by atoms with Gasteiger partial charge in [0.05, 0.1) is 0 Å². The lowest BCUT2D eigenvalue weighted by Gasteiger charge is -2.20. The minimum Gasteiger partial charge on any atom is -0.271 e. The van der Waals surface area contributed by atoms with E-state index in [4.69, 9.17) is 5.84 Å². The van der Waals surface area contributed by atoms with Gasteiger partial charge in [-0.3, -0.25) is 16.3 Å². The van der Waals surface area contributed by atoms with Crippen LogP contribution in [0.5, 0.6) is 0 Å². The Bertz CT molecular complexity index is 307. The summed E-state index contributed by atoms with van der Waals surface area (Å²) in [5.41, 5.74) is 6.27. The van der Waals surface area contributed by atoms with E-state index in [0.717, 1.165) is 11.3 Å². The summed E-state index contributed by atoms with van der Waals surface area (Å²) in [7, 11) is 0. The molecule has 0 aliphatic rings. The highest BCUT2D eigenvalue weighted by Gasteiger charge is 2.14. The van der Waals surface area contributed by atoms with E-state index >= 15 is 0 Å². The summed E-state index contributed by atoms with van der Waals surface area (Å²) in [6.45, 7) is 8.36. The largest absolute Gasteiger partial charge is 0.271 e. The molecule has 0 saturated heterocycles. The van der Waals surface area contributed by atoms with Crippen molar-refractivity contribution >= 4 is 0 Å². The second-order valence-electron chi connectivity index (χ2n) is 4.06. The van der Waals surface area contributed by atoms with Crippen molar-refractivity contribution in [3.63, 3.8) is 0 Å². The third-order valence-corrected chi connectivity index (χ3v) is 2.57. The Kier molecular flexibility index (Phi) is 3.61. The SMILES string of the molecule is Cc1cc(C(NN)C(C)C)cnc1C. The first kappa shape index (κ1) is 11.1. The van der Waals surface area contributed by atoms with E-state index in [2.05, 4.69) is 37.2 Å². The minimum absolute atomic E-state index is 0.182. The van der Waals surface area contributed by atoms with E-state index in [1.165, 1.54) is 5.56 Å². The van der Waals surface area contributed by atoms with Crippen molar-refractivity contribution in [1.82, 2.24) is 10.4 Å². The second kappa shape index (κ2) is 4.53. The molecule has 3 heteroatoms. The highest BCUT2D eigenvalue weighted by molar-refractivity contribution is 5.25.